The van der Waals surface area contributed by atoms with Gasteiger partial charge in [-0.2, -0.15) is 36.2 Å². The van der Waals surface area contributed by atoms with Gasteiger partial charge in [0.05, 0.1) is 39.9 Å². The topological polar surface area (TPSA) is 366 Å². The molecule has 1 amide bonds. The Morgan fingerprint density at radius 3 is 2.14 bits per heavy atom. The van der Waals surface area contributed by atoms with Crippen LogP contribution in [0.15, 0.2) is 121 Å². The lowest BCUT2D eigenvalue weighted by Crippen LogP contribution is -2.14. The quantitative estimate of drug-likeness (QED) is 0.00982. The average molecular weight is 999 g/mol. The highest BCUT2D eigenvalue weighted by atomic mass is 32.2. The minimum atomic E-state index is -5.11. The Balaban J connectivity index is 1.24. The molecule has 5 aromatic carbocycles. The van der Waals surface area contributed by atoms with Crippen molar-refractivity contribution in [2.24, 2.45) is 10.2 Å². The standard InChI is InChI=1S/C34H27FN8O17S5/c35-32-39-33(37-20-10-8-18(9-11-20)31(45)36-21-4-3-5-22(16-21)63(48,49)13-12-56-62-60-58-47)41-34(40-32)38-25-17-23-19(15-28(25)65(53,54)55)14-26(61-59-57-46)29(30(23)44)43-42-24-6-1-2-7-27(24)64(50,51)52/h1-11,14-17,44,46-47H,12-13H2,(H,36,45)(H,50,51,52)(H,53,54,55)(H2,37,38,39,40,41). The summed E-state index contributed by atoms with van der Waals surface area (Å²) < 4.78 is 122. The van der Waals surface area contributed by atoms with Crippen LogP contribution >= 0.6 is 24.4 Å². The van der Waals surface area contributed by atoms with Crippen LogP contribution in [-0.4, -0.2) is 83.2 Å². The third-order valence-corrected chi connectivity index (χ3v) is 12.7. The predicted molar refractivity (Wildman–Crippen MR) is 224 cm³/mol. The van der Waals surface area contributed by atoms with Crippen molar-refractivity contribution in [1.82, 2.24) is 15.0 Å². The van der Waals surface area contributed by atoms with Crippen molar-refractivity contribution in [3.8, 4) is 5.75 Å². The highest BCUT2D eigenvalue weighted by Gasteiger charge is 2.24. The zero-order valence-electron chi connectivity index (χ0n) is 31.9. The number of carbonyl (C=O) groups is 1. The van der Waals surface area contributed by atoms with Gasteiger partial charge in [0.15, 0.2) is 27.9 Å². The number of hydrogen-bond donors (Lipinski definition) is 8. The Morgan fingerprint density at radius 1 is 0.754 bits per heavy atom. The van der Waals surface area contributed by atoms with Gasteiger partial charge in [0, 0.05) is 22.3 Å². The maximum absolute atomic E-state index is 14.8. The number of hydrogen-bond acceptors (Lipinski definition) is 24. The molecule has 0 saturated heterocycles. The van der Waals surface area contributed by atoms with E-state index >= 15 is 0 Å². The van der Waals surface area contributed by atoms with Gasteiger partial charge in [0.1, 0.15) is 21.2 Å². The summed E-state index contributed by atoms with van der Waals surface area (Å²) in [5.74, 6) is -2.93. The lowest BCUT2D eigenvalue weighted by atomic mass is 10.1. The molecule has 0 unspecified atom stereocenters. The second kappa shape index (κ2) is 20.9. The second-order valence-electron chi connectivity index (χ2n) is 12.4. The van der Waals surface area contributed by atoms with Crippen LogP contribution in [0, 0.1) is 6.08 Å². The van der Waals surface area contributed by atoms with E-state index in [4.69, 9.17) is 14.7 Å². The van der Waals surface area contributed by atoms with E-state index in [0.29, 0.717) is 0 Å². The Kier molecular flexibility index (Phi) is 15.5. The molecular weight excluding hydrogens is 972 g/mol. The van der Waals surface area contributed by atoms with E-state index in [1.165, 1.54) is 66.7 Å². The Hall–Kier alpha value is -6.04. The second-order valence-corrected chi connectivity index (χ2v) is 18.5. The van der Waals surface area contributed by atoms with Gasteiger partial charge in [-0.15, -0.1) is 18.9 Å². The Labute approximate surface area is 373 Å². The van der Waals surface area contributed by atoms with E-state index in [1.807, 2.05) is 0 Å². The highest BCUT2D eigenvalue weighted by molar-refractivity contribution is 7.94. The minimum absolute atomic E-state index is 0.106. The molecule has 0 saturated carbocycles. The third-order valence-electron chi connectivity index (χ3n) is 8.23. The van der Waals surface area contributed by atoms with Crippen LogP contribution in [0.3, 0.4) is 0 Å². The van der Waals surface area contributed by atoms with Crippen molar-refractivity contribution in [2.75, 3.05) is 28.3 Å². The number of amides is 1. The van der Waals surface area contributed by atoms with Crippen LogP contribution in [0.25, 0.3) is 10.8 Å². The van der Waals surface area contributed by atoms with E-state index in [2.05, 4.69) is 59.9 Å². The largest absolute Gasteiger partial charge is 0.505 e. The van der Waals surface area contributed by atoms with Gasteiger partial charge in [0.25, 0.3) is 26.1 Å². The zero-order valence-corrected chi connectivity index (χ0v) is 35.9. The maximum Gasteiger partial charge on any atom is 0.315 e. The number of rotatable bonds is 20. The lowest BCUT2D eigenvalue weighted by molar-refractivity contribution is -0.434. The van der Waals surface area contributed by atoms with Crippen LogP contribution in [0.5, 0.6) is 5.75 Å². The average Bonchev–Trinajstić information content (AvgIpc) is 3.25. The fourth-order valence-electron chi connectivity index (χ4n) is 5.47. The number of nitrogens with zero attached hydrogens (tertiary/aromatic N) is 5. The molecule has 0 spiro atoms. The summed E-state index contributed by atoms with van der Waals surface area (Å²) in [5, 5.41) is 50.3. The molecule has 8 N–H and O–H groups in total. The molecule has 1 aromatic heterocycles. The number of nitrogens with one attached hydrogen (secondary N) is 3. The van der Waals surface area contributed by atoms with Crippen molar-refractivity contribution >= 4 is 111 Å². The lowest BCUT2D eigenvalue weighted by Gasteiger charge is -2.14. The van der Waals surface area contributed by atoms with Crippen molar-refractivity contribution in [1.29, 1.82) is 0 Å². The number of aromatic nitrogens is 3. The number of benzene rings is 5. The number of azo groups is 1. The van der Waals surface area contributed by atoms with Gasteiger partial charge in [0.2, 0.25) is 11.9 Å². The first-order valence-corrected chi connectivity index (χ1v) is 23.2. The molecule has 342 valence electrons. The Morgan fingerprint density at radius 2 is 1.45 bits per heavy atom. The number of aromatic hydroxyl groups is 1. The van der Waals surface area contributed by atoms with E-state index in [1.54, 1.807) is 0 Å². The number of sulfone groups is 1. The Bertz CT molecular complexity index is 3120. The van der Waals surface area contributed by atoms with E-state index in [-0.39, 0.29) is 74.2 Å². The smallest absolute Gasteiger partial charge is 0.315 e. The molecule has 6 aromatic rings. The molecule has 1 heterocycles. The molecule has 0 aliphatic carbocycles. The van der Waals surface area contributed by atoms with E-state index < -0.39 is 86.6 Å². The monoisotopic (exact) mass is 998 g/mol. The van der Waals surface area contributed by atoms with Gasteiger partial charge < -0.3 is 21.1 Å². The summed E-state index contributed by atoms with van der Waals surface area (Å²) in [7, 11) is -13.8. The summed E-state index contributed by atoms with van der Waals surface area (Å²) >= 11 is 0.458. The normalized spacial score (nSPS) is 12.1. The van der Waals surface area contributed by atoms with Crippen molar-refractivity contribution in [2.45, 2.75) is 19.6 Å². The molecule has 25 nitrogen and oxygen atoms in total. The summed E-state index contributed by atoms with van der Waals surface area (Å²) in [5.41, 5.74) is -0.890. The first kappa shape index (κ1) is 48.4. The maximum atomic E-state index is 14.8. The number of fused-ring (bicyclic) bond motifs is 1. The molecule has 65 heavy (non-hydrogen) atoms. The summed E-state index contributed by atoms with van der Waals surface area (Å²) in [6, 6.07) is 18.8. The first-order valence-electron chi connectivity index (χ1n) is 17.3. The number of carbonyl (C=O) groups excluding carboxylic acids is 1. The predicted octanol–water partition coefficient (Wildman–Crippen LogP) is 6.72. The van der Waals surface area contributed by atoms with Crippen molar-refractivity contribution < 1.29 is 82.1 Å². The highest BCUT2D eigenvalue weighted by Crippen LogP contribution is 2.46. The van der Waals surface area contributed by atoms with Crippen LogP contribution in [-0.2, 0) is 53.0 Å². The van der Waals surface area contributed by atoms with E-state index in [0.717, 1.165) is 24.3 Å². The van der Waals surface area contributed by atoms with E-state index in [9.17, 15) is 48.7 Å². The van der Waals surface area contributed by atoms with Crippen LogP contribution in [0.2, 0.25) is 0 Å². The molecule has 0 radical (unpaired) electrons. The zero-order chi connectivity index (χ0) is 46.9. The minimum Gasteiger partial charge on any atom is -0.505 e. The van der Waals surface area contributed by atoms with Gasteiger partial charge >= 0.3 is 6.08 Å². The number of halogens is 1. The van der Waals surface area contributed by atoms with Gasteiger partial charge in [-0.3, -0.25) is 18.1 Å². The van der Waals surface area contributed by atoms with Crippen molar-refractivity contribution in [3.63, 3.8) is 0 Å². The third kappa shape index (κ3) is 12.6. The van der Waals surface area contributed by atoms with Crippen LogP contribution < -0.4 is 16.0 Å². The summed E-state index contributed by atoms with van der Waals surface area (Å²) in [6.07, 6.45) is -1.38. The van der Waals surface area contributed by atoms with Gasteiger partial charge in [-0.25, -0.2) is 18.9 Å². The fourth-order valence-corrected chi connectivity index (χ4v) is 8.71. The molecule has 0 fully saturated rings. The van der Waals surface area contributed by atoms with Crippen molar-refractivity contribution in [3.05, 3.63) is 103 Å². The fraction of sp³-hybridized carbons (Fsp3) is 0.0588. The molecule has 6 rings (SSSR count). The molecule has 0 aliphatic heterocycles. The first-order chi connectivity index (χ1) is 30.9. The molecule has 31 heteroatoms. The molecule has 0 aliphatic rings. The number of phenols is 1. The summed E-state index contributed by atoms with van der Waals surface area (Å²) in [6.45, 7) is -0.324. The number of phenolic OH excluding ortho intramolecular Hbond substituents is 1. The van der Waals surface area contributed by atoms with Crippen LogP contribution in [0.4, 0.5) is 44.7 Å². The molecule has 0 bridgehead atoms. The molecular formula is C34H27FN8O17S5. The SMILES string of the molecule is O=C(Nc1cccc(S(=O)(=O)CCOSOOO)c1)c1ccc(Nc2nc(F)nc(Nc3cc4c(O)c(N=Nc5ccccc5S(=O)(=O)O)c(SOOO)cc4cc3S(=O)(=O)O)n2)cc1. The summed E-state index contributed by atoms with van der Waals surface area (Å²) in [4.78, 5) is 22.3. The van der Waals surface area contributed by atoms with Gasteiger partial charge in [-0.05, 0) is 78.2 Å². The van der Waals surface area contributed by atoms with Crippen LogP contribution in [0.1, 0.15) is 10.4 Å². The number of anilines is 5. The van der Waals surface area contributed by atoms with Gasteiger partial charge in [-0.1, -0.05) is 28.3 Å². The molecule has 0 atom stereocenters.